The number of nitrogens with one attached hydrogen (secondary N) is 2. The number of hydrogen-bond donors (Lipinski definition) is 2. The second-order valence-corrected chi connectivity index (χ2v) is 9.94. The van der Waals surface area contributed by atoms with Gasteiger partial charge in [-0.1, -0.05) is 37.5 Å². The molecular formula is C24H34N6OS. The van der Waals surface area contributed by atoms with Gasteiger partial charge >= 0.3 is 6.03 Å². The maximum atomic E-state index is 12.4. The first-order valence-electron chi connectivity index (χ1n) is 12.2. The van der Waals surface area contributed by atoms with Crippen LogP contribution in [0.1, 0.15) is 69.5 Å². The number of para-hydroxylation sites is 1. The monoisotopic (exact) mass is 454 g/mol. The van der Waals surface area contributed by atoms with Gasteiger partial charge in [0.25, 0.3) is 0 Å². The minimum atomic E-state index is 0.00764. The Labute approximate surface area is 195 Å². The van der Waals surface area contributed by atoms with Crippen molar-refractivity contribution < 1.29 is 4.79 Å². The Morgan fingerprint density at radius 1 is 0.938 bits per heavy atom. The fraction of sp³-hybridized carbons (Fsp3) is 0.625. The van der Waals surface area contributed by atoms with Crippen LogP contribution in [0.25, 0.3) is 5.69 Å². The predicted octanol–water partition coefficient (Wildman–Crippen LogP) is 4.33. The summed E-state index contributed by atoms with van der Waals surface area (Å²) in [6.07, 6.45) is 10.3. The maximum Gasteiger partial charge on any atom is 0.315 e. The highest BCUT2D eigenvalue weighted by Gasteiger charge is 2.31. The summed E-state index contributed by atoms with van der Waals surface area (Å²) in [5.41, 5.74) is 1.09. The summed E-state index contributed by atoms with van der Waals surface area (Å²) in [5.74, 6) is 1.62. The molecular weight excluding hydrogens is 420 g/mol. The summed E-state index contributed by atoms with van der Waals surface area (Å²) in [6, 6.07) is 10.9. The molecule has 7 nitrogen and oxygen atoms in total. The molecule has 1 aromatic heterocycles. The van der Waals surface area contributed by atoms with Crippen LogP contribution in [0.2, 0.25) is 0 Å². The Balaban J connectivity index is 1.17. The average Bonchev–Trinajstić information content (AvgIpc) is 3.61. The lowest BCUT2D eigenvalue weighted by Gasteiger charge is -2.32. The molecule has 0 bridgehead atoms. The molecule has 2 heterocycles. The van der Waals surface area contributed by atoms with Gasteiger partial charge in [-0.25, -0.2) is 9.48 Å². The molecule has 1 aromatic carbocycles. The van der Waals surface area contributed by atoms with Crippen LogP contribution in [0, 0.1) is 4.77 Å². The zero-order valence-electron chi connectivity index (χ0n) is 18.7. The molecule has 2 saturated carbocycles. The summed E-state index contributed by atoms with van der Waals surface area (Å²) < 4.78 is 4.90. The first kappa shape index (κ1) is 21.6. The van der Waals surface area contributed by atoms with Gasteiger partial charge in [-0.2, -0.15) is 5.10 Å². The van der Waals surface area contributed by atoms with Crippen LogP contribution >= 0.6 is 12.2 Å². The zero-order chi connectivity index (χ0) is 21.9. The topological polar surface area (TPSA) is 67.1 Å². The molecule has 5 rings (SSSR count). The molecule has 2 N–H and O–H groups in total. The second-order valence-electron chi connectivity index (χ2n) is 9.57. The van der Waals surface area contributed by atoms with E-state index >= 15 is 0 Å². The van der Waals surface area contributed by atoms with E-state index in [1.165, 1.54) is 32.1 Å². The molecule has 8 heteroatoms. The molecule has 172 valence electrons. The largest absolute Gasteiger partial charge is 0.335 e. The number of nitrogens with zero attached hydrogens (tertiary/aromatic N) is 4. The van der Waals surface area contributed by atoms with Crippen molar-refractivity contribution in [2.75, 3.05) is 13.1 Å². The van der Waals surface area contributed by atoms with Crippen LogP contribution in [0.3, 0.4) is 0 Å². The van der Waals surface area contributed by atoms with Gasteiger partial charge in [-0.3, -0.25) is 9.47 Å². The van der Waals surface area contributed by atoms with Crippen molar-refractivity contribution >= 4 is 18.2 Å². The predicted molar refractivity (Wildman–Crippen MR) is 127 cm³/mol. The number of piperidine rings is 1. The molecule has 3 aliphatic rings. The molecule has 1 saturated heterocycles. The molecule has 3 fully saturated rings. The van der Waals surface area contributed by atoms with E-state index < -0.39 is 0 Å². The zero-order valence-corrected chi connectivity index (χ0v) is 19.5. The highest BCUT2D eigenvalue weighted by molar-refractivity contribution is 7.71. The number of urea groups is 1. The lowest BCUT2D eigenvalue weighted by Crippen LogP contribution is -2.50. The molecule has 32 heavy (non-hydrogen) atoms. The first-order chi connectivity index (χ1) is 15.7. The number of carbonyl (C=O) groups excluding carboxylic acids is 1. The molecule has 2 amide bonds. The van der Waals surface area contributed by atoms with E-state index in [0.717, 1.165) is 55.1 Å². The van der Waals surface area contributed by atoms with Gasteiger partial charge < -0.3 is 10.6 Å². The van der Waals surface area contributed by atoms with E-state index in [2.05, 4.69) is 32.2 Å². The summed E-state index contributed by atoms with van der Waals surface area (Å²) in [4.78, 5) is 14.8. The van der Waals surface area contributed by atoms with Gasteiger partial charge in [0.1, 0.15) is 5.82 Å². The molecule has 2 aliphatic carbocycles. The molecule has 0 radical (unpaired) electrons. The van der Waals surface area contributed by atoms with Crippen LogP contribution in [-0.2, 0) is 6.67 Å². The minimum Gasteiger partial charge on any atom is -0.335 e. The number of rotatable bonds is 6. The fourth-order valence-corrected chi connectivity index (χ4v) is 5.31. The van der Waals surface area contributed by atoms with Crippen LogP contribution in [0.4, 0.5) is 4.79 Å². The van der Waals surface area contributed by atoms with Gasteiger partial charge in [0.15, 0.2) is 0 Å². The minimum absolute atomic E-state index is 0.00764. The van der Waals surface area contributed by atoms with Crippen molar-refractivity contribution in [1.29, 1.82) is 0 Å². The standard InChI is InChI=1S/C24H34N6OS/c31-23(25-19-7-3-1-4-8-19)26-20-13-15-28(16-14-20)17-29-24(32)30(21-9-5-2-6-10-21)22(27-29)18-11-12-18/h2,5-6,9-10,18-20H,1,3-4,7-8,11-17H2,(H2,25,26,31). The number of hydrogen-bond acceptors (Lipinski definition) is 4. The Bertz CT molecular complexity index is 968. The average molecular weight is 455 g/mol. The van der Waals surface area contributed by atoms with Crippen molar-refractivity contribution in [2.45, 2.75) is 82.5 Å². The lowest BCUT2D eigenvalue weighted by atomic mass is 9.96. The SMILES string of the molecule is O=C(NC1CCCCC1)NC1CCN(Cn2nc(C3CC3)n(-c3ccccc3)c2=S)CC1. The third kappa shape index (κ3) is 5.07. The van der Waals surface area contributed by atoms with Crippen molar-refractivity contribution in [3.05, 3.63) is 40.9 Å². The third-order valence-corrected chi connectivity index (χ3v) is 7.41. The summed E-state index contributed by atoms with van der Waals surface area (Å²) >= 11 is 5.84. The number of carbonyl (C=O) groups is 1. The first-order valence-corrected chi connectivity index (χ1v) is 12.6. The van der Waals surface area contributed by atoms with E-state index in [1.807, 2.05) is 22.9 Å². The van der Waals surface area contributed by atoms with Crippen molar-refractivity contribution in [3.8, 4) is 5.69 Å². The van der Waals surface area contributed by atoms with Crippen LogP contribution < -0.4 is 10.6 Å². The fourth-order valence-electron chi connectivity index (χ4n) is 5.01. The number of aromatic nitrogens is 3. The Hall–Kier alpha value is -2.19. The quantitative estimate of drug-likeness (QED) is 0.638. The molecule has 0 spiro atoms. The van der Waals surface area contributed by atoms with Gasteiger partial charge in [-0.05, 0) is 62.9 Å². The van der Waals surface area contributed by atoms with Crippen molar-refractivity contribution in [1.82, 2.24) is 29.9 Å². The van der Waals surface area contributed by atoms with Crippen molar-refractivity contribution in [2.24, 2.45) is 0 Å². The second kappa shape index (κ2) is 9.75. The van der Waals surface area contributed by atoms with Crippen LogP contribution in [0.15, 0.2) is 30.3 Å². The van der Waals surface area contributed by atoms with Gasteiger partial charge in [-0.15, -0.1) is 0 Å². The third-order valence-electron chi connectivity index (χ3n) is 7.02. The van der Waals surface area contributed by atoms with Crippen LogP contribution in [0.5, 0.6) is 0 Å². The Morgan fingerprint density at radius 2 is 1.59 bits per heavy atom. The lowest BCUT2D eigenvalue weighted by molar-refractivity contribution is 0.150. The highest BCUT2D eigenvalue weighted by Crippen LogP contribution is 2.40. The van der Waals surface area contributed by atoms with E-state index in [0.29, 0.717) is 18.6 Å². The number of benzene rings is 1. The van der Waals surface area contributed by atoms with E-state index in [-0.39, 0.29) is 12.1 Å². The Morgan fingerprint density at radius 3 is 2.25 bits per heavy atom. The smallest absolute Gasteiger partial charge is 0.315 e. The normalized spacial score (nSPS) is 20.9. The maximum absolute atomic E-state index is 12.4. The van der Waals surface area contributed by atoms with Gasteiger partial charge in [0.2, 0.25) is 4.77 Å². The molecule has 0 atom stereocenters. The molecule has 0 unspecified atom stereocenters. The van der Waals surface area contributed by atoms with Crippen LogP contribution in [-0.4, -0.2) is 50.5 Å². The summed E-state index contributed by atoms with van der Waals surface area (Å²) in [6.45, 7) is 2.58. The van der Waals surface area contributed by atoms with Gasteiger partial charge in [0.05, 0.1) is 6.67 Å². The Kier molecular flexibility index (Phi) is 6.59. The van der Waals surface area contributed by atoms with E-state index in [9.17, 15) is 4.79 Å². The van der Waals surface area contributed by atoms with E-state index in [4.69, 9.17) is 17.3 Å². The van der Waals surface area contributed by atoms with E-state index in [1.54, 1.807) is 0 Å². The summed E-state index contributed by atoms with van der Waals surface area (Å²) in [7, 11) is 0. The van der Waals surface area contributed by atoms with Gasteiger partial charge in [0, 0.05) is 36.8 Å². The molecule has 1 aliphatic heterocycles. The number of likely N-dealkylation sites (tertiary alicyclic amines) is 1. The molecule has 2 aromatic rings. The number of amides is 2. The van der Waals surface area contributed by atoms with Crippen molar-refractivity contribution in [3.63, 3.8) is 0 Å². The highest BCUT2D eigenvalue weighted by atomic mass is 32.1. The summed E-state index contributed by atoms with van der Waals surface area (Å²) in [5, 5.41) is 11.3.